The van der Waals surface area contributed by atoms with Gasteiger partial charge in [0.15, 0.2) is 5.65 Å². The summed E-state index contributed by atoms with van der Waals surface area (Å²) in [6.45, 7) is 0. The third-order valence-corrected chi connectivity index (χ3v) is 4.95. The lowest BCUT2D eigenvalue weighted by atomic mass is 9.95. The first kappa shape index (κ1) is 16.2. The van der Waals surface area contributed by atoms with E-state index in [1.165, 1.54) is 15.9 Å². The van der Waals surface area contributed by atoms with Crippen LogP contribution in [0.1, 0.15) is 32.5 Å². The van der Waals surface area contributed by atoms with Crippen molar-refractivity contribution in [1.29, 1.82) is 0 Å². The molecule has 2 N–H and O–H groups in total. The minimum absolute atomic E-state index is 0.174. The molecule has 26 heavy (non-hydrogen) atoms. The maximum absolute atomic E-state index is 12.6. The number of aromatic nitrogens is 3. The van der Waals surface area contributed by atoms with E-state index in [1.54, 1.807) is 24.4 Å². The van der Waals surface area contributed by atoms with Gasteiger partial charge >= 0.3 is 0 Å². The molecule has 7 heteroatoms. The van der Waals surface area contributed by atoms with Gasteiger partial charge in [0.25, 0.3) is 0 Å². The second kappa shape index (κ2) is 6.53. The van der Waals surface area contributed by atoms with Crippen LogP contribution in [0.25, 0.3) is 5.65 Å². The lowest BCUT2D eigenvalue weighted by molar-refractivity contribution is -0.118. The highest BCUT2D eigenvalue weighted by atomic mass is 32.1. The van der Waals surface area contributed by atoms with Gasteiger partial charge in [-0.3, -0.25) is 9.59 Å². The molecule has 1 aromatic carbocycles. The molecule has 0 spiro atoms. The highest BCUT2D eigenvalue weighted by Crippen LogP contribution is 2.25. The number of carbonyl (C=O) groups excluding carboxylic acids is 2. The lowest BCUT2D eigenvalue weighted by Gasteiger charge is -2.15. The molecule has 128 valence electrons. The van der Waals surface area contributed by atoms with E-state index >= 15 is 0 Å². The normalized spacial score (nSPS) is 12.2. The van der Waals surface area contributed by atoms with E-state index in [1.807, 2.05) is 41.8 Å². The molecule has 3 aromatic heterocycles. The van der Waals surface area contributed by atoms with Crippen molar-refractivity contribution in [3.63, 3.8) is 0 Å². The smallest absolute Gasteiger partial charge is 0.231 e. The predicted octanol–water partition coefficient (Wildman–Crippen LogP) is 2.64. The van der Waals surface area contributed by atoms with E-state index < -0.39 is 11.8 Å². The van der Waals surface area contributed by atoms with Gasteiger partial charge in [0.05, 0.1) is 10.6 Å². The summed E-state index contributed by atoms with van der Waals surface area (Å²) in [5.41, 5.74) is 7.77. The predicted molar refractivity (Wildman–Crippen MR) is 98.2 cm³/mol. The maximum atomic E-state index is 12.6. The van der Waals surface area contributed by atoms with Gasteiger partial charge in [-0.15, -0.1) is 11.3 Å². The van der Waals surface area contributed by atoms with Gasteiger partial charge in [-0.25, -0.2) is 9.50 Å². The topological polar surface area (TPSA) is 90.4 Å². The van der Waals surface area contributed by atoms with Gasteiger partial charge in [0.2, 0.25) is 11.7 Å². The van der Waals surface area contributed by atoms with Crippen LogP contribution in [0.3, 0.4) is 0 Å². The minimum atomic E-state index is -0.689. The number of hydrogen-bond donors (Lipinski definition) is 1. The first-order chi connectivity index (χ1) is 12.6. The molecule has 1 unspecified atom stereocenters. The first-order valence-electron chi connectivity index (χ1n) is 7.92. The summed E-state index contributed by atoms with van der Waals surface area (Å²) in [5.74, 6) is -1.36. The molecule has 0 fully saturated rings. The van der Waals surface area contributed by atoms with E-state index in [0.717, 1.165) is 5.56 Å². The molecule has 0 saturated heterocycles. The molecule has 0 aliphatic rings. The zero-order valence-corrected chi connectivity index (χ0v) is 14.4. The van der Waals surface area contributed by atoms with Crippen molar-refractivity contribution in [3.8, 4) is 0 Å². The number of rotatable bonds is 5. The number of thiophene rings is 1. The SMILES string of the molecule is NC(=O)C(c1ccccc1)c1ccnc2cc(C(=O)c3cccs3)nn12. The summed E-state index contributed by atoms with van der Waals surface area (Å²) in [4.78, 5) is 29.6. The van der Waals surface area contributed by atoms with Crippen LogP contribution < -0.4 is 5.73 Å². The number of hydrogen-bond acceptors (Lipinski definition) is 5. The van der Waals surface area contributed by atoms with Gasteiger partial charge < -0.3 is 5.73 Å². The third-order valence-electron chi connectivity index (χ3n) is 4.08. The van der Waals surface area contributed by atoms with Crippen LogP contribution in [0.2, 0.25) is 0 Å². The molecular formula is C19H14N4O2S. The lowest BCUT2D eigenvalue weighted by Crippen LogP contribution is -2.24. The van der Waals surface area contributed by atoms with E-state index in [-0.39, 0.29) is 11.5 Å². The minimum Gasteiger partial charge on any atom is -0.369 e. The Bertz CT molecular complexity index is 1090. The molecule has 0 radical (unpaired) electrons. The molecule has 0 bridgehead atoms. The van der Waals surface area contributed by atoms with Crippen molar-refractivity contribution >= 4 is 28.7 Å². The number of nitrogens with two attached hydrogens (primary N) is 1. The summed E-state index contributed by atoms with van der Waals surface area (Å²) in [7, 11) is 0. The Morgan fingerprint density at radius 1 is 1.08 bits per heavy atom. The number of carbonyl (C=O) groups is 2. The molecule has 4 rings (SSSR count). The van der Waals surface area contributed by atoms with E-state index in [9.17, 15) is 9.59 Å². The van der Waals surface area contributed by atoms with Crippen LogP contribution in [-0.4, -0.2) is 26.3 Å². The Hall–Kier alpha value is -3.32. The van der Waals surface area contributed by atoms with Crippen molar-refractivity contribution in [3.05, 3.63) is 88.0 Å². The number of amides is 1. The van der Waals surface area contributed by atoms with Gasteiger partial charge in [0, 0.05) is 12.3 Å². The number of fused-ring (bicyclic) bond motifs is 1. The third kappa shape index (κ3) is 2.78. The zero-order chi connectivity index (χ0) is 18.1. The number of ketones is 1. The Kier molecular flexibility index (Phi) is 4.06. The molecule has 1 atom stereocenters. The molecule has 1 amide bonds. The first-order valence-corrected chi connectivity index (χ1v) is 8.80. The van der Waals surface area contributed by atoms with Gasteiger partial charge in [-0.1, -0.05) is 36.4 Å². The molecule has 0 aliphatic heterocycles. The Labute approximate surface area is 152 Å². The standard InChI is InChI=1S/C19H14N4O2S/c20-19(25)17(12-5-2-1-3-6-12)14-8-9-21-16-11-13(22-23(14)16)18(24)15-7-4-10-26-15/h1-11,17H,(H2,20,25). The maximum Gasteiger partial charge on any atom is 0.231 e. The molecule has 0 saturated carbocycles. The van der Waals surface area contributed by atoms with E-state index in [0.29, 0.717) is 16.2 Å². The second-order valence-corrected chi connectivity index (χ2v) is 6.67. The van der Waals surface area contributed by atoms with Crippen LogP contribution in [0, 0.1) is 0 Å². The fourth-order valence-corrected chi connectivity index (χ4v) is 3.58. The summed E-state index contributed by atoms with van der Waals surface area (Å²) in [5, 5.41) is 6.24. The van der Waals surface area contributed by atoms with Crippen LogP contribution in [-0.2, 0) is 4.79 Å². The number of benzene rings is 1. The van der Waals surface area contributed by atoms with Crippen molar-refractivity contribution in [2.75, 3.05) is 0 Å². The Morgan fingerprint density at radius 2 is 1.88 bits per heavy atom. The molecule has 6 nitrogen and oxygen atoms in total. The Morgan fingerprint density at radius 3 is 2.58 bits per heavy atom. The molecule has 4 aromatic rings. The van der Waals surface area contributed by atoms with Crippen molar-refractivity contribution < 1.29 is 9.59 Å². The van der Waals surface area contributed by atoms with Gasteiger partial charge in [-0.2, -0.15) is 5.10 Å². The van der Waals surface area contributed by atoms with Gasteiger partial charge in [0.1, 0.15) is 11.6 Å². The van der Waals surface area contributed by atoms with Crippen molar-refractivity contribution in [1.82, 2.24) is 14.6 Å². The number of primary amides is 1. The van der Waals surface area contributed by atoms with E-state index in [2.05, 4.69) is 10.1 Å². The average Bonchev–Trinajstić information content (AvgIpc) is 3.32. The molecule has 3 heterocycles. The summed E-state index contributed by atoms with van der Waals surface area (Å²) in [6.07, 6.45) is 1.59. The summed E-state index contributed by atoms with van der Waals surface area (Å²) >= 11 is 1.35. The van der Waals surface area contributed by atoms with E-state index in [4.69, 9.17) is 5.73 Å². The van der Waals surface area contributed by atoms with Crippen LogP contribution in [0.4, 0.5) is 0 Å². The summed E-state index contributed by atoms with van der Waals surface area (Å²) in [6, 6.07) is 16.1. The van der Waals surface area contributed by atoms with Gasteiger partial charge in [-0.05, 0) is 23.1 Å². The Balaban J connectivity index is 1.85. The fourth-order valence-electron chi connectivity index (χ4n) is 2.90. The monoisotopic (exact) mass is 362 g/mol. The van der Waals surface area contributed by atoms with Crippen LogP contribution >= 0.6 is 11.3 Å². The largest absolute Gasteiger partial charge is 0.369 e. The fraction of sp³-hybridized carbons (Fsp3) is 0.0526. The number of nitrogens with zero attached hydrogens (tertiary/aromatic N) is 3. The quantitative estimate of drug-likeness (QED) is 0.553. The van der Waals surface area contributed by atoms with Crippen molar-refractivity contribution in [2.45, 2.75) is 5.92 Å². The highest BCUT2D eigenvalue weighted by Gasteiger charge is 2.25. The summed E-state index contributed by atoms with van der Waals surface area (Å²) < 4.78 is 1.52. The highest BCUT2D eigenvalue weighted by molar-refractivity contribution is 7.12. The average molecular weight is 362 g/mol. The van der Waals surface area contributed by atoms with Crippen molar-refractivity contribution in [2.24, 2.45) is 5.73 Å². The second-order valence-electron chi connectivity index (χ2n) is 5.72. The molecular weight excluding hydrogens is 348 g/mol. The molecule has 0 aliphatic carbocycles. The van der Waals surface area contributed by atoms with Crippen LogP contribution in [0.15, 0.2) is 66.2 Å². The van der Waals surface area contributed by atoms with Crippen LogP contribution in [0.5, 0.6) is 0 Å². The zero-order valence-electron chi connectivity index (χ0n) is 13.6.